The molecule has 2 N–H and O–H groups in total. The van der Waals surface area contributed by atoms with Crippen molar-refractivity contribution < 1.29 is 19.7 Å². The van der Waals surface area contributed by atoms with E-state index in [1.54, 1.807) is 25.3 Å². The average molecular weight is 266 g/mol. The van der Waals surface area contributed by atoms with Crippen LogP contribution in [0.3, 0.4) is 0 Å². The maximum atomic E-state index is 10.1. The lowest BCUT2D eigenvalue weighted by Gasteiger charge is -2.23. The van der Waals surface area contributed by atoms with E-state index >= 15 is 0 Å². The summed E-state index contributed by atoms with van der Waals surface area (Å²) in [5, 5.41) is 19.3. The molecule has 2 rings (SSSR count). The molecule has 4 heteroatoms. The van der Waals surface area contributed by atoms with E-state index in [1.165, 1.54) is 0 Å². The lowest BCUT2D eigenvalue weighted by molar-refractivity contribution is 0.0304. The van der Waals surface area contributed by atoms with Crippen LogP contribution in [0.25, 0.3) is 0 Å². The molecule has 2 atom stereocenters. The fourth-order valence-electron chi connectivity index (χ4n) is 2.47. The molecule has 0 aromatic heterocycles. The highest BCUT2D eigenvalue weighted by molar-refractivity contribution is 5.43. The first-order valence-electron chi connectivity index (χ1n) is 6.87. The number of ether oxygens (including phenoxy) is 2. The van der Waals surface area contributed by atoms with Gasteiger partial charge in [0.05, 0.1) is 19.8 Å². The Morgan fingerprint density at radius 3 is 2.68 bits per heavy atom. The van der Waals surface area contributed by atoms with E-state index in [-0.39, 0.29) is 12.7 Å². The zero-order valence-corrected chi connectivity index (χ0v) is 11.3. The predicted molar refractivity (Wildman–Crippen MR) is 72.4 cm³/mol. The van der Waals surface area contributed by atoms with E-state index in [0.29, 0.717) is 11.5 Å². The summed E-state index contributed by atoms with van der Waals surface area (Å²) < 4.78 is 11.2. The van der Waals surface area contributed by atoms with Gasteiger partial charge in [0.2, 0.25) is 0 Å². The summed E-state index contributed by atoms with van der Waals surface area (Å²) in [6.45, 7) is -0.0342. The molecule has 0 amide bonds. The van der Waals surface area contributed by atoms with Crippen LogP contribution in [0.2, 0.25) is 0 Å². The van der Waals surface area contributed by atoms with E-state index in [1.807, 2.05) is 0 Å². The number of methoxy groups -OCH3 is 1. The predicted octanol–water partition coefficient (Wildman–Crippen LogP) is 2.26. The largest absolute Gasteiger partial charge is 0.493 e. The fraction of sp³-hybridized carbons (Fsp3) is 0.600. The fourth-order valence-corrected chi connectivity index (χ4v) is 2.47. The highest BCUT2D eigenvalue weighted by Crippen LogP contribution is 2.31. The molecular weight excluding hydrogens is 244 g/mol. The van der Waals surface area contributed by atoms with Crippen LogP contribution in [-0.4, -0.2) is 29.5 Å². The van der Waals surface area contributed by atoms with Gasteiger partial charge in [-0.3, -0.25) is 0 Å². The van der Waals surface area contributed by atoms with Crippen LogP contribution in [0.4, 0.5) is 0 Å². The van der Waals surface area contributed by atoms with Gasteiger partial charge in [-0.05, 0) is 37.0 Å². The zero-order chi connectivity index (χ0) is 13.7. The standard InChI is InChI=1S/C15H22O4/c1-18-14-8-7-11(10-16)9-15(14)19-13-6-4-2-3-5-12(13)17/h7-9,12-13,16-17H,2-6,10H2,1H3. The Hall–Kier alpha value is -1.26. The molecule has 19 heavy (non-hydrogen) atoms. The maximum Gasteiger partial charge on any atom is 0.162 e. The molecule has 1 aliphatic carbocycles. The normalized spacial score (nSPS) is 23.7. The lowest BCUT2D eigenvalue weighted by atomic mass is 10.1. The molecule has 0 spiro atoms. The van der Waals surface area contributed by atoms with Crippen molar-refractivity contribution in [2.75, 3.05) is 7.11 Å². The first kappa shape index (κ1) is 14.2. The molecule has 0 saturated heterocycles. The van der Waals surface area contributed by atoms with Gasteiger partial charge < -0.3 is 19.7 Å². The molecule has 106 valence electrons. The van der Waals surface area contributed by atoms with Gasteiger partial charge in [0.25, 0.3) is 0 Å². The van der Waals surface area contributed by atoms with Crippen molar-refractivity contribution in [1.29, 1.82) is 0 Å². The van der Waals surface area contributed by atoms with Gasteiger partial charge in [0.1, 0.15) is 6.10 Å². The lowest BCUT2D eigenvalue weighted by Crippen LogP contribution is -2.30. The van der Waals surface area contributed by atoms with Crippen molar-refractivity contribution in [3.8, 4) is 11.5 Å². The van der Waals surface area contributed by atoms with E-state index in [9.17, 15) is 10.2 Å². The van der Waals surface area contributed by atoms with Crippen molar-refractivity contribution >= 4 is 0 Å². The number of aliphatic hydroxyl groups excluding tert-OH is 2. The van der Waals surface area contributed by atoms with Crippen molar-refractivity contribution in [3.63, 3.8) is 0 Å². The molecule has 1 saturated carbocycles. The van der Waals surface area contributed by atoms with Crippen molar-refractivity contribution in [3.05, 3.63) is 23.8 Å². The second-order valence-corrected chi connectivity index (χ2v) is 5.00. The molecule has 1 aromatic rings. The SMILES string of the molecule is COc1ccc(CO)cc1OC1CCCCCC1O. The molecular formula is C15H22O4. The number of rotatable bonds is 4. The first-order valence-corrected chi connectivity index (χ1v) is 6.87. The van der Waals surface area contributed by atoms with E-state index in [2.05, 4.69) is 0 Å². The molecule has 2 unspecified atom stereocenters. The third-order valence-electron chi connectivity index (χ3n) is 3.61. The van der Waals surface area contributed by atoms with Crippen LogP contribution < -0.4 is 9.47 Å². The molecule has 1 fully saturated rings. The van der Waals surface area contributed by atoms with Gasteiger partial charge in [-0.2, -0.15) is 0 Å². The monoisotopic (exact) mass is 266 g/mol. The number of hydrogen-bond acceptors (Lipinski definition) is 4. The third kappa shape index (κ3) is 3.61. The molecule has 0 heterocycles. The minimum absolute atomic E-state index is 0.0342. The Bertz CT molecular complexity index is 405. The topological polar surface area (TPSA) is 58.9 Å². The molecule has 4 nitrogen and oxygen atoms in total. The van der Waals surface area contributed by atoms with Crippen LogP contribution in [0.15, 0.2) is 18.2 Å². The van der Waals surface area contributed by atoms with Crippen molar-refractivity contribution in [1.82, 2.24) is 0 Å². The highest BCUT2D eigenvalue weighted by atomic mass is 16.5. The Morgan fingerprint density at radius 2 is 1.95 bits per heavy atom. The van der Waals surface area contributed by atoms with Crippen LogP contribution in [0, 0.1) is 0 Å². The zero-order valence-electron chi connectivity index (χ0n) is 11.3. The van der Waals surface area contributed by atoms with Gasteiger partial charge in [0, 0.05) is 0 Å². The summed E-state index contributed by atoms with van der Waals surface area (Å²) in [7, 11) is 1.59. The van der Waals surface area contributed by atoms with E-state index < -0.39 is 6.10 Å². The number of benzene rings is 1. The van der Waals surface area contributed by atoms with Crippen molar-refractivity contribution in [2.24, 2.45) is 0 Å². The third-order valence-corrected chi connectivity index (χ3v) is 3.61. The molecule has 0 aliphatic heterocycles. The molecule has 0 radical (unpaired) electrons. The van der Waals surface area contributed by atoms with Gasteiger partial charge in [-0.25, -0.2) is 0 Å². The average Bonchev–Trinajstić information content (AvgIpc) is 2.64. The minimum Gasteiger partial charge on any atom is -0.493 e. The van der Waals surface area contributed by atoms with Gasteiger partial charge >= 0.3 is 0 Å². The summed E-state index contributed by atoms with van der Waals surface area (Å²) in [5.74, 6) is 1.23. The van der Waals surface area contributed by atoms with Crippen LogP contribution in [0.1, 0.15) is 37.7 Å². The van der Waals surface area contributed by atoms with E-state index in [4.69, 9.17) is 9.47 Å². The summed E-state index contributed by atoms with van der Waals surface area (Å²) in [5.41, 5.74) is 0.777. The summed E-state index contributed by atoms with van der Waals surface area (Å²) >= 11 is 0. The second kappa shape index (κ2) is 6.78. The maximum absolute atomic E-state index is 10.1. The van der Waals surface area contributed by atoms with Crippen LogP contribution in [0.5, 0.6) is 11.5 Å². The number of hydrogen-bond donors (Lipinski definition) is 2. The summed E-state index contributed by atoms with van der Waals surface area (Å²) in [4.78, 5) is 0. The molecule has 0 bridgehead atoms. The van der Waals surface area contributed by atoms with Gasteiger partial charge in [0.15, 0.2) is 11.5 Å². The highest BCUT2D eigenvalue weighted by Gasteiger charge is 2.24. The Labute approximate surface area is 114 Å². The summed E-state index contributed by atoms with van der Waals surface area (Å²) in [6.07, 6.45) is 4.29. The van der Waals surface area contributed by atoms with Crippen molar-refractivity contribution in [2.45, 2.75) is 50.9 Å². The minimum atomic E-state index is -0.426. The second-order valence-electron chi connectivity index (χ2n) is 5.00. The van der Waals surface area contributed by atoms with Crippen LogP contribution >= 0.6 is 0 Å². The quantitative estimate of drug-likeness (QED) is 0.821. The smallest absolute Gasteiger partial charge is 0.162 e. The molecule has 1 aromatic carbocycles. The summed E-state index contributed by atoms with van der Waals surface area (Å²) in [6, 6.07) is 5.36. The Balaban J connectivity index is 2.15. The number of aliphatic hydroxyl groups is 2. The van der Waals surface area contributed by atoms with E-state index in [0.717, 1.165) is 37.7 Å². The van der Waals surface area contributed by atoms with Crippen LogP contribution in [-0.2, 0) is 6.61 Å². The van der Waals surface area contributed by atoms with Gasteiger partial charge in [-0.1, -0.05) is 18.9 Å². The molecule has 1 aliphatic rings. The Morgan fingerprint density at radius 1 is 1.16 bits per heavy atom. The Kier molecular flexibility index (Phi) is 5.05. The first-order chi connectivity index (χ1) is 9.24. The van der Waals surface area contributed by atoms with Gasteiger partial charge in [-0.15, -0.1) is 0 Å².